The number of carbonyl (C=O) groups is 2. The van der Waals surface area contributed by atoms with Crippen LogP contribution in [0.5, 0.6) is 5.75 Å². The molecule has 0 spiro atoms. The summed E-state index contributed by atoms with van der Waals surface area (Å²) in [6.45, 7) is 0. The zero-order chi connectivity index (χ0) is 20.5. The van der Waals surface area contributed by atoms with Gasteiger partial charge in [0.2, 0.25) is 5.91 Å². The van der Waals surface area contributed by atoms with Crippen molar-refractivity contribution in [2.75, 3.05) is 17.7 Å². The number of halogens is 2. The fourth-order valence-corrected chi connectivity index (χ4v) is 3.53. The van der Waals surface area contributed by atoms with Gasteiger partial charge in [0, 0.05) is 30.6 Å². The quantitative estimate of drug-likeness (QED) is 0.665. The molecular formula is C21H17ClFN3O3. The zero-order valence-corrected chi connectivity index (χ0v) is 16.2. The molecule has 3 aromatic rings. The number of amides is 2. The van der Waals surface area contributed by atoms with Gasteiger partial charge in [0.25, 0.3) is 5.91 Å². The van der Waals surface area contributed by atoms with Gasteiger partial charge in [0.15, 0.2) is 0 Å². The Morgan fingerprint density at radius 2 is 1.97 bits per heavy atom. The standard InChI is InChI=1S/C21H17ClFN3O3/c1-29-19-11-18(26-6-2-3-7-26)14(22)9-13(19)21(28)25-17-8-12-4-5-20(27)24-16(12)10-15(17)23/h2-3,6-11H,4-5H2,1H3,(H,24,27)(H,25,28). The Bertz CT molecular complexity index is 1110. The van der Waals surface area contributed by atoms with Crippen LogP contribution in [-0.2, 0) is 11.2 Å². The van der Waals surface area contributed by atoms with E-state index in [1.54, 1.807) is 10.6 Å². The van der Waals surface area contributed by atoms with Crippen LogP contribution in [-0.4, -0.2) is 23.5 Å². The van der Waals surface area contributed by atoms with Gasteiger partial charge >= 0.3 is 0 Å². The molecule has 6 nitrogen and oxygen atoms in total. The first-order valence-electron chi connectivity index (χ1n) is 8.91. The van der Waals surface area contributed by atoms with Gasteiger partial charge in [0.05, 0.1) is 29.1 Å². The van der Waals surface area contributed by atoms with Gasteiger partial charge in [-0.15, -0.1) is 0 Å². The average Bonchev–Trinajstić information content (AvgIpc) is 3.23. The number of aryl methyl sites for hydroxylation is 1. The molecule has 0 saturated heterocycles. The topological polar surface area (TPSA) is 72.4 Å². The first-order valence-corrected chi connectivity index (χ1v) is 9.28. The first kappa shape index (κ1) is 19.0. The molecule has 2 aromatic carbocycles. The second kappa shape index (κ2) is 7.60. The summed E-state index contributed by atoms with van der Waals surface area (Å²) < 4.78 is 21.6. The van der Waals surface area contributed by atoms with Gasteiger partial charge in [-0.1, -0.05) is 11.6 Å². The minimum Gasteiger partial charge on any atom is -0.496 e. The van der Waals surface area contributed by atoms with E-state index in [0.717, 1.165) is 5.56 Å². The molecule has 4 rings (SSSR count). The van der Waals surface area contributed by atoms with Crippen molar-refractivity contribution in [1.82, 2.24) is 4.57 Å². The van der Waals surface area contributed by atoms with E-state index in [2.05, 4.69) is 10.6 Å². The summed E-state index contributed by atoms with van der Waals surface area (Å²) in [5.41, 5.74) is 2.04. The summed E-state index contributed by atoms with van der Waals surface area (Å²) in [4.78, 5) is 24.3. The molecule has 0 fully saturated rings. The van der Waals surface area contributed by atoms with Gasteiger partial charge in [-0.3, -0.25) is 9.59 Å². The lowest BCUT2D eigenvalue weighted by molar-refractivity contribution is -0.116. The highest BCUT2D eigenvalue weighted by atomic mass is 35.5. The predicted octanol–water partition coefficient (Wildman–Crippen LogP) is 4.42. The van der Waals surface area contributed by atoms with Crippen LogP contribution in [0.3, 0.4) is 0 Å². The molecule has 0 saturated carbocycles. The monoisotopic (exact) mass is 413 g/mol. The highest BCUT2D eigenvalue weighted by Gasteiger charge is 2.21. The maximum atomic E-state index is 14.5. The van der Waals surface area contributed by atoms with Crippen LogP contribution in [0, 0.1) is 5.82 Å². The third-order valence-corrected chi connectivity index (χ3v) is 5.04. The molecule has 0 bridgehead atoms. The summed E-state index contributed by atoms with van der Waals surface area (Å²) >= 11 is 6.37. The Balaban J connectivity index is 1.65. The van der Waals surface area contributed by atoms with Crippen LogP contribution in [0.2, 0.25) is 5.02 Å². The van der Waals surface area contributed by atoms with E-state index in [0.29, 0.717) is 35.0 Å². The minimum absolute atomic E-state index is 0.0255. The first-order chi connectivity index (χ1) is 14.0. The predicted molar refractivity (Wildman–Crippen MR) is 109 cm³/mol. The number of nitrogens with one attached hydrogen (secondary N) is 2. The number of nitrogens with zero attached hydrogens (tertiary/aromatic N) is 1. The summed E-state index contributed by atoms with van der Waals surface area (Å²) in [5.74, 6) is -1.05. The fraction of sp³-hybridized carbons (Fsp3) is 0.143. The van der Waals surface area contributed by atoms with Crippen molar-refractivity contribution in [3.8, 4) is 11.4 Å². The molecule has 0 unspecified atom stereocenters. The number of aromatic nitrogens is 1. The minimum atomic E-state index is -0.645. The maximum absolute atomic E-state index is 14.5. The molecule has 29 heavy (non-hydrogen) atoms. The van der Waals surface area contributed by atoms with Crippen molar-refractivity contribution < 1.29 is 18.7 Å². The normalized spacial score (nSPS) is 12.9. The molecule has 2 heterocycles. The van der Waals surface area contributed by atoms with Crippen LogP contribution < -0.4 is 15.4 Å². The van der Waals surface area contributed by atoms with Gasteiger partial charge in [-0.2, -0.15) is 0 Å². The molecule has 0 radical (unpaired) electrons. The SMILES string of the molecule is COc1cc(-n2cccc2)c(Cl)cc1C(=O)Nc1cc2c(cc1F)NC(=O)CC2. The van der Waals surface area contributed by atoms with Crippen molar-refractivity contribution in [1.29, 1.82) is 0 Å². The van der Waals surface area contributed by atoms with E-state index in [1.807, 2.05) is 24.5 Å². The van der Waals surface area contributed by atoms with E-state index in [4.69, 9.17) is 16.3 Å². The van der Waals surface area contributed by atoms with E-state index in [1.165, 1.54) is 25.3 Å². The number of benzene rings is 2. The number of fused-ring (bicyclic) bond motifs is 1. The van der Waals surface area contributed by atoms with E-state index >= 15 is 0 Å². The number of hydrogen-bond donors (Lipinski definition) is 2. The van der Waals surface area contributed by atoms with Crippen LogP contribution in [0.25, 0.3) is 5.69 Å². The van der Waals surface area contributed by atoms with Crippen LogP contribution in [0.15, 0.2) is 48.8 Å². The summed E-state index contributed by atoms with van der Waals surface area (Å²) in [6.07, 6.45) is 4.44. The molecule has 2 amide bonds. The van der Waals surface area contributed by atoms with Crippen molar-refractivity contribution in [2.45, 2.75) is 12.8 Å². The number of hydrogen-bond acceptors (Lipinski definition) is 3. The number of rotatable bonds is 4. The summed E-state index contributed by atoms with van der Waals surface area (Å²) in [7, 11) is 1.45. The number of methoxy groups -OCH3 is 1. The van der Waals surface area contributed by atoms with Crippen molar-refractivity contribution in [3.05, 3.63) is 70.8 Å². The van der Waals surface area contributed by atoms with Crippen molar-refractivity contribution in [2.24, 2.45) is 0 Å². The second-order valence-electron chi connectivity index (χ2n) is 6.59. The number of ether oxygens (including phenoxy) is 1. The van der Waals surface area contributed by atoms with E-state index < -0.39 is 11.7 Å². The third kappa shape index (κ3) is 3.69. The van der Waals surface area contributed by atoms with Crippen LogP contribution in [0.4, 0.5) is 15.8 Å². The third-order valence-electron chi connectivity index (χ3n) is 4.73. The second-order valence-corrected chi connectivity index (χ2v) is 6.99. The van der Waals surface area contributed by atoms with Crippen LogP contribution >= 0.6 is 11.6 Å². The van der Waals surface area contributed by atoms with E-state index in [-0.39, 0.29) is 17.2 Å². The number of carbonyl (C=O) groups excluding carboxylic acids is 2. The highest BCUT2D eigenvalue weighted by molar-refractivity contribution is 6.33. The molecule has 0 atom stereocenters. The van der Waals surface area contributed by atoms with Crippen molar-refractivity contribution >= 4 is 34.8 Å². The molecule has 0 aliphatic carbocycles. The fourth-order valence-electron chi connectivity index (χ4n) is 3.27. The Labute approximate surface area is 171 Å². The maximum Gasteiger partial charge on any atom is 0.259 e. The van der Waals surface area contributed by atoms with Gasteiger partial charge in [-0.05, 0) is 42.3 Å². The molecule has 2 N–H and O–H groups in total. The number of anilines is 2. The molecule has 1 aliphatic heterocycles. The molecular weight excluding hydrogens is 397 g/mol. The highest BCUT2D eigenvalue weighted by Crippen LogP contribution is 2.32. The Morgan fingerprint density at radius 3 is 2.69 bits per heavy atom. The largest absolute Gasteiger partial charge is 0.496 e. The molecule has 8 heteroatoms. The smallest absolute Gasteiger partial charge is 0.259 e. The summed E-state index contributed by atoms with van der Waals surface area (Å²) in [6, 6.07) is 9.58. The van der Waals surface area contributed by atoms with Gasteiger partial charge in [-0.25, -0.2) is 4.39 Å². The van der Waals surface area contributed by atoms with Crippen LogP contribution in [0.1, 0.15) is 22.3 Å². The molecule has 148 valence electrons. The molecule has 1 aromatic heterocycles. The Kier molecular flexibility index (Phi) is 4.98. The molecule has 1 aliphatic rings. The summed E-state index contributed by atoms with van der Waals surface area (Å²) in [5, 5.41) is 5.55. The van der Waals surface area contributed by atoms with Gasteiger partial charge in [0.1, 0.15) is 11.6 Å². The average molecular weight is 414 g/mol. The Hall–Kier alpha value is -3.32. The lowest BCUT2D eigenvalue weighted by Crippen LogP contribution is -2.20. The Morgan fingerprint density at radius 1 is 1.21 bits per heavy atom. The van der Waals surface area contributed by atoms with Gasteiger partial charge < -0.3 is 19.9 Å². The zero-order valence-electron chi connectivity index (χ0n) is 15.5. The van der Waals surface area contributed by atoms with Crippen molar-refractivity contribution in [3.63, 3.8) is 0 Å². The van der Waals surface area contributed by atoms with E-state index in [9.17, 15) is 14.0 Å². The lowest BCUT2D eigenvalue weighted by Gasteiger charge is -2.19. The lowest BCUT2D eigenvalue weighted by atomic mass is 10.0.